The fourth-order valence-electron chi connectivity index (χ4n) is 2.52. The van der Waals surface area contributed by atoms with Gasteiger partial charge in [0.25, 0.3) is 0 Å². The molecule has 3 aromatic carbocycles. The smallest absolute Gasteiger partial charge is 0.00367 e. The zero-order chi connectivity index (χ0) is 14.5. The summed E-state index contributed by atoms with van der Waals surface area (Å²) in [6, 6.07) is 27.8. The summed E-state index contributed by atoms with van der Waals surface area (Å²) >= 11 is 0. The molecule has 21 heavy (non-hydrogen) atoms. The third-order valence-corrected chi connectivity index (χ3v) is 3.71. The standard InChI is InChI=1S/C20H19N/c21-15-14-16-6-8-18(9-7-16)20-12-10-19(11-13-20)17-4-2-1-3-5-17/h1-13H,14-15,21H2. The van der Waals surface area contributed by atoms with Gasteiger partial charge in [0.2, 0.25) is 0 Å². The Morgan fingerprint density at radius 2 is 0.952 bits per heavy atom. The van der Waals surface area contributed by atoms with Crippen LogP contribution in [0.3, 0.4) is 0 Å². The SMILES string of the molecule is NCCc1ccc(-c2ccc(-c3ccccc3)cc2)cc1. The lowest BCUT2D eigenvalue weighted by Crippen LogP contribution is -2.02. The number of rotatable bonds is 4. The van der Waals surface area contributed by atoms with Crippen molar-refractivity contribution in [1.82, 2.24) is 0 Å². The van der Waals surface area contributed by atoms with E-state index < -0.39 is 0 Å². The minimum absolute atomic E-state index is 0.700. The van der Waals surface area contributed by atoms with Crippen LogP contribution in [0.15, 0.2) is 78.9 Å². The molecular formula is C20H19N. The molecule has 0 heterocycles. The van der Waals surface area contributed by atoms with Crippen molar-refractivity contribution in [3.63, 3.8) is 0 Å². The Bertz CT molecular complexity index is 682. The third kappa shape index (κ3) is 3.21. The van der Waals surface area contributed by atoms with E-state index in [1.165, 1.54) is 27.8 Å². The molecule has 3 rings (SSSR count). The lowest BCUT2D eigenvalue weighted by atomic mass is 9.99. The molecule has 0 saturated carbocycles. The Hall–Kier alpha value is -2.38. The zero-order valence-electron chi connectivity index (χ0n) is 12.0. The molecule has 0 radical (unpaired) electrons. The van der Waals surface area contributed by atoms with Crippen molar-refractivity contribution in [2.75, 3.05) is 6.54 Å². The second-order valence-electron chi connectivity index (χ2n) is 5.18. The van der Waals surface area contributed by atoms with Gasteiger partial charge in [0.05, 0.1) is 0 Å². The predicted molar refractivity (Wildman–Crippen MR) is 90.1 cm³/mol. The van der Waals surface area contributed by atoms with Gasteiger partial charge in [0.1, 0.15) is 0 Å². The van der Waals surface area contributed by atoms with E-state index in [0.717, 1.165) is 6.42 Å². The van der Waals surface area contributed by atoms with E-state index in [1.54, 1.807) is 0 Å². The van der Waals surface area contributed by atoms with Crippen molar-refractivity contribution >= 4 is 0 Å². The van der Waals surface area contributed by atoms with E-state index in [1.807, 2.05) is 6.07 Å². The Morgan fingerprint density at radius 1 is 0.524 bits per heavy atom. The van der Waals surface area contributed by atoms with E-state index in [2.05, 4.69) is 72.8 Å². The zero-order valence-corrected chi connectivity index (χ0v) is 12.0. The maximum Gasteiger partial charge on any atom is -0.00367 e. The fraction of sp³-hybridized carbons (Fsp3) is 0.100. The molecule has 0 fully saturated rings. The van der Waals surface area contributed by atoms with Gasteiger partial charge in [-0.1, -0.05) is 78.9 Å². The molecule has 1 heteroatoms. The van der Waals surface area contributed by atoms with Crippen LogP contribution in [0.4, 0.5) is 0 Å². The summed E-state index contributed by atoms with van der Waals surface area (Å²) in [7, 11) is 0. The first-order valence-corrected chi connectivity index (χ1v) is 7.32. The summed E-state index contributed by atoms with van der Waals surface area (Å²) in [5.74, 6) is 0. The van der Waals surface area contributed by atoms with Crippen molar-refractivity contribution in [1.29, 1.82) is 0 Å². The molecule has 0 atom stereocenters. The van der Waals surface area contributed by atoms with Crippen LogP contribution in [0, 0.1) is 0 Å². The molecule has 3 aromatic rings. The quantitative estimate of drug-likeness (QED) is 0.743. The Morgan fingerprint density at radius 3 is 1.43 bits per heavy atom. The van der Waals surface area contributed by atoms with Crippen LogP contribution in [0.1, 0.15) is 5.56 Å². The van der Waals surface area contributed by atoms with Gasteiger partial charge < -0.3 is 5.73 Å². The summed E-state index contributed by atoms with van der Waals surface area (Å²) in [6.07, 6.45) is 0.938. The summed E-state index contributed by atoms with van der Waals surface area (Å²) in [5.41, 5.74) is 11.9. The van der Waals surface area contributed by atoms with Crippen LogP contribution < -0.4 is 5.73 Å². The molecule has 0 bridgehead atoms. The highest BCUT2D eigenvalue weighted by Crippen LogP contribution is 2.25. The van der Waals surface area contributed by atoms with Gasteiger partial charge >= 0.3 is 0 Å². The van der Waals surface area contributed by atoms with Crippen molar-refractivity contribution < 1.29 is 0 Å². The van der Waals surface area contributed by atoms with Crippen molar-refractivity contribution in [3.8, 4) is 22.3 Å². The van der Waals surface area contributed by atoms with Gasteiger partial charge in [-0.3, -0.25) is 0 Å². The maximum atomic E-state index is 5.58. The molecule has 0 aliphatic rings. The first kappa shape index (κ1) is 13.6. The van der Waals surface area contributed by atoms with Crippen LogP contribution >= 0.6 is 0 Å². The molecule has 0 aliphatic carbocycles. The van der Waals surface area contributed by atoms with Crippen LogP contribution in [0.5, 0.6) is 0 Å². The molecule has 0 aliphatic heterocycles. The minimum atomic E-state index is 0.700. The molecule has 0 aromatic heterocycles. The van der Waals surface area contributed by atoms with E-state index in [9.17, 15) is 0 Å². The number of nitrogens with two attached hydrogens (primary N) is 1. The molecule has 0 spiro atoms. The van der Waals surface area contributed by atoms with E-state index in [-0.39, 0.29) is 0 Å². The Balaban J connectivity index is 1.84. The molecule has 0 saturated heterocycles. The molecule has 0 amide bonds. The first-order chi connectivity index (χ1) is 10.4. The van der Waals surface area contributed by atoms with Crippen LogP contribution in [0.2, 0.25) is 0 Å². The van der Waals surface area contributed by atoms with Gasteiger partial charge in [0, 0.05) is 0 Å². The molecule has 2 N–H and O–H groups in total. The first-order valence-electron chi connectivity index (χ1n) is 7.32. The van der Waals surface area contributed by atoms with Crippen LogP contribution in [-0.4, -0.2) is 6.54 Å². The summed E-state index contributed by atoms with van der Waals surface area (Å²) in [4.78, 5) is 0. The van der Waals surface area contributed by atoms with Crippen molar-refractivity contribution in [2.45, 2.75) is 6.42 Å². The van der Waals surface area contributed by atoms with Gasteiger partial charge in [-0.25, -0.2) is 0 Å². The Kier molecular flexibility index (Phi) is 4.13. The number of benzene rings is 3. The number of hydrogen-bond donors (Lipinski definition) is 1. The second kappa shape index (κ2) is 6.38. The van der Waals surface area contributed by atoms with E-state index in [0.29, 0.717) is 6.54 Å². The second-order valence-corrected chi connectivity index (χ2v) is 5.18. The summed E-state index contributed by atoms with van der Waals surface area (Å²) < 4.78 is 0. The Labute approximate surface area is 126 Å². The highest BCUT2D eigenvalue weighted by molar-refractivity contribution is 5.70. The highest BCUT2D eigenvalue weighted by Gasteiger charge is 2.00. The van der Waals surface area contributed by atoms with Gasteiger partial charge in [-0.15, -0.1) is 0 Å². The lowest BCUT2D eigenvalue weighted by Gasteiger charge is -2.06. The maximum absolute atomic E-state index is 5.58. The predicted octanol–water partition coefficient (Wildman–Crippen LogP) is 4.52. The monoisotopic (exact) mass is 273 g/mol. The largest absolute Gasteiger partial charge is 0.330 e. The molecule has 0 unspecified atom stereocenters. The van der Waals surface area contributed by atoms with Gasteiger partial charge in [-0.2, -0.15) is 0 Å². The third-order valence-electron chi connectivity index (χ3n) is 3.71. The number of hydrogen-bond acceptors (Lipinski definition) is 1. The lowest BCUT2D eigenvalue weighted by molar-refractivity contribution is 0.969. The van der Waals surface area contributed by atoms with Crippen molar-refractivity contribution in [3.05, 3.63) is 84.4 Å². The molecular weight excluding hydrogens is 254 g/mol. The van der Waals surface area contributed by atoms with Gasteiger partial charge in [0.15, 0.2) is 0 Å². The average molecular weight is 273 g/mol. The molecule has 1 nitrogen and oxygen atoms in total. The topological polar surface area (TPSA) is 26.0 Å². The normalized spacial score (nSPS) is 10.5. The summed E-state index contributed by atoms with van der Waals surface area (Å²) in [5, 5.41) is 0. The highest BCUT2D eigenvalue weighted by atomic mass is 14.5. The minimum Gasteiger partial charge on any atom is -0.330 e. The summed E-state index contributed by atoms with van der Waals surface area (Å²) in [6.45, 7) is 0.700. The molecule has 104 valence electrons. The fourth-order valence-corrected chi connectivity index (χ4v) is 2.52. The van der Waals surface area contributed by atoms with Crippen LogP contribution in [0.25, 0.3) is 22.3 Å². The van der Waals surface area contributed by atoms with E-state index >= 15 is 0 Å². The van der Waals surface area contributed by atoms with Crippen LogP contribution in [-0.2, 0) is 6.42 Å². The van der Waals surface area contributed by atoms with E-state index in [4.69, 9.17) is 5.73 Å². The van der Waals surface area contributed by atoms with Crippen molar-refractivity contribution in [2.24, 2.45) is 5.73 Å². The van der Waals surface area contributed by atoms with Gasteiger partial charge in [-0.05, 0) is 40.8 Å². The average Bonchev–Trinajstić information content (AvgIpc) is 2.57.